The van der Waals surface area contributed by atoms with Gasteiger partial charge in [0.1, 0.15) is 0 Å². The number of nitrogens with two attached hydrogens (primary N) is 2. The van der Waals surface area contributed by atoms with E-state index >= 15 is 0 Å². The molecule has 0 bridgehead atoms. The lowest BCUT2D eigenvalue weighted by Crippen LogP contribution is -2.71. The number of guanidine groups is 1. The lowest BCUT2D eigenvalue weighted by molar-refractivity contribution is -0.0248. The second-order valence-corrected chi connectivity index (χ2v) is 10.7. The van der Waals surface area contributed by atoms with E-state index < -0.39 is 0 Å². The van der Waals surface area contributed by atoms with E-state index in [0.717, 1.165) is 62.3 Å². The summed E-state index contributed by atoms with van der Waals surface area (Å²) >= 11 is 0. The number of anilines is 3. The SMILES string of the molecule is NC(N)=NCCCNc1nc(Nc2ccc(C(=O)N3CC4(CNC4)C3)cc2)c2ncn(C3CCCC3)c2n1. The van der Waals surface area contributed by atoms with Crippen molar-refractivity contribution in [1.82, 2.24) is 29.7 Å². The van der Waals surface area contributed by atoms with E-state index in [2.05, 4.69) is 30.5 Å². The molecule has 7 N–H and O–H groups in total. The minimum atomic E-state index is 0.0843. The number of nitrogens with one attached hydrogen (secondary N) is 3. The Balaban J connectivity index is 1.19. The third kappa shape index (κ3) is 4.83. The predicted molar refractivity (Wildman–Crippen MR) is 148 cm³/mol. The van der Waals surface area contributed by atoms with Gasteiger partial charge in [0.05, 0.1) is 6.33 Å². The van der Waals surface area contributed by atoms with Gasteiger partial charge in [0.15, 0.2) is 22.9 Å². The van der Waals surface area contributed by atoms with Gasteiger partial charge in [0, 0.05) is 62.0 Å². The maximum Gasteiger partial charge on any atom is 0.253 e. The van der Waals surface area contributed by atoms with Crippen molar-refractivity contribution in [3.05, 3.63) is 36.2 Å². The summed E-state index contributed by atoms with van der Waals surface area (Å²) < 4.78 is 2.18. The van der Waals surface area contributed by atoms with Crippen molar-refractivity contribution in [3.63, 3.8) is 0 Å². The maximum absolute atomic E-state index is 12.9. The Hall–Kier alpha value is -3.93. The number of amides is 1. The Kier molecular flexibility index (Phi) is 6.48. The van der Waals surface area contributed by atoms with Crippen molar-refractivity contribution in [3.8, 4) is 0 Å². The van der Waals surface area contributed by atoms with Crippen molar-refractivity contribution in [2.24, 2.45) is 21.9 Å². The number of hydrogen-bond acceptors (Lipinski definition) is 8. The van der Waals surface area contributed by atoms with Crippen LogP contribution in [0.2, 0.25) is 0 Å². The van der Waals surface area contributed by atoms with Crippen molar-refractivity contribution in [1.29, 1.82) is 0 Å². The van der Waals surface area contributed by atoms with E-state index in [1.54, 1.807) is 0 Å². The van der Waals surface area contributed by atoms with Gasteiger partial charge in [0.2, 0.25) is 5.95 Å². The van der Waals surface area contributed by atoms with Gasteiger partial charge in [-0.3, -0.25) is 9.79 Å². The molecule has 0 atom stereocenters. The number of imidazole rings is 1. The fourth-order valence-electron chi connectivity index (χ4n) is 5.64. The highest BCUT2D eigenvalue weighted by atomic mass is 16.2. The Bertz CT molecular complexity index is 1330. The molecule has 2 saturated heterocycles. The van der Waals surface area contributed by atoms with Gasteiger partial charge >= 0.3 is 0 Å². The number of carbonyl (C=O) groups is 1. The summed E-state index contributed by atoms with van der Waals surface area (Å²) in [5.41, 5.74) is 14.2. The monoisotopic (exact) mass is 517 g/mol. The van der Waals surface area contributed by atoms with Crippen LogP contribution in [0.3, 0.4) is 0 Å². The van der Waals surface area contributed by atoms with Crippen LogP contribution < -0.4 is 27.4 Å². The van der Waals surface area contributed by atoms with Gasteiger partial charge in [-0.25, -0.2) is 4.98 Å². The molecule has 2 aliphatic heterocycles. The first-order valence-corrected chi connectivity index (χ1v) is 13.4. The lowest BCUT2D eigenvalue weighted by atomic mass is 9.74. The second-order valence-electron chi connectivity index (χ2n) is 10.7. The molecule has 1 saturated carbocycles. The number of likely N-dealkylation sites (tertiary alicyclic amines) is 1. The maximum atomic E-state index is 12.9. The Morgan fingerprint density at radius 3 is 2.58 bits per heavy atom. The molecule has 12 nitrogen and oxygen atoms in total. The van der Waals surface area contributed by atoms with Crippen LogP contribution in [-0.2, 0) is 0 Å². The molecule has 0 radical (unpaired) electrons. The molecular formula is C26H35N11O. The zero-order valence-electron chi connectivity index (χ0n) is 21.5. The fraction of sp³-hybridized carbons (Fsp3) is 0.500. The number of fused-ring (bicyclic) bond motifs is 1. The third-order valence-electron chi connectivity index (χ3n) is 7.79. The first-order valence-electron chi connectivity index (χ1n) is 13.4. The summed E-state index contributed by atoms with van der Waals surface area (Å²) in [5, 5.41) is 10.0. The van der Waals surface area contributed by atoms with Crippen molar-refractivity contribution in [2.45, 2.75) is 38.1 Å². The number of aromatic nitrogens is 4. The summed E-state index contributed by atoms with van der Waals surface area (Å²) in [6, 6.07) is 7.97. The van der Waals surface area contributed by atoms with E-state index in [0.29, 0.717) is 41.9 Å². The van der Waals surface area contributed by atoms with E-state index in [4.69, 9.17) is 21.4 Å². The average molecular weight is 518 g/mol. The number of benzene rings is 1. The highest BCUT2D eigenvalue weighted by Crippen LogP contribution is 2.36. The van der Waals surface area contributed by atoms with Crippen LogP contribution >= 0.6 is 0 Å². The van der Waals surface area contributed by atoms with Gasteiger partial charge in [0.25, 0.3) is 5.91 Å². The molecule has 1 aromatic carbocycles. The van der Waals surface area contributed by atoms with Crippen LogP contribution in [0, 0.1) is 5.41 Å². The molecule has 200 valence electrons. The zero-order chi connectivity index (χ0) is 26.1. The summed E-state index contributed by atoms with van der Waals surface area (Å²) in [5.74, 6) is 1.32. The van der Waals surface area contributed by atoms with Crippen LogP contribution in [0.15, 0.2) is 35.6 Å². The Morgan fingerprint density at radius 2 is 1.89 bits per heavy atom. The molecule has 6 rings (SSSR count). The summed E-state index contributed by atoms with van der Waals surface area (Å²) in [4.78, 5) is 33.1. The van der Waals surface area contributed by atoms with E-state index in [-0.39, 0.29) is 11.9 Å². The number of carbonyl (C=O) groups excluding carboxylic acids is 1. The van der Waals surface area contributed by atoms with Gasteiger partial charge in [-0.2, -0.15) is 9.97 Å². The average Bonchev–Trinajstić information content (AvgIpc) is 3.52. The molecule has 1 amide bonds. The van der Waals surface area contributed by atoms with Crippen LogP contribution in [-0.4, -0.2) is 75.6 Å². The first kappa shape index (κ1) is 24.4. The number of aliphatic imine (C=N–C) groups is 1. The Morgan fingerprint density at radius 1 is 1.13 bits per heavy atom. The molecule has 2 aromatic heterocycles. The Labute approximate surface area is 221 Å². The van der Waals surface area contributed by atoms with Gasteiger partial charge in [-0.15, -0.1) is 0 Å². The third-order valence-corrected chi connectivity index (χ3v) is 7.79. The van der Waals surface area contributed by atoms with Gasteiger partial charge in [-0.05, 0) is 43.5 Å². The lowest BCUT2D eigenvalue weighted by Gasteiger charge is -2.56. The van der Waals surface area contributed by atoms with E-state index in [9.17, 15) is 4.79 Å². The van der Waals surface area contributed by atoms with Crippen molar-refractivity contribution < 1.29 is 4.79 Å². The van der Waals surface area contributed by atoms with E-state index in [1.807, 2.05) is 35.5 Å². The molecule has 1 spiro atoms. The van der Waals surface area contributed by atoms with Crippen LogP contribution in [0.4, 0.5) is 17.5 Å². The highest BCUT2D eigenvalue weighted by molar-refractivity contribution is 5.95. The standard InChI is InChI=1S/C26H35N11O/c27-24(28)30-10-3-11-31-25-34-21(20-22(35-25)37(16-32-20)19-4-1-2-5-19)33-18-8-6-17(7-9-18)23(38)36-14-26(15-36)12-29-13-26/h6-9,16,19,29H,1-5,10-15H2,(H4,27,28,30)(H2,31,33,34,35). The van der Waals surface area contributed by atoms with Gasteiger partial charge in [-0.1, -0.05) is 12.8 Å². The predicted octanol–water partition coefficient (Wildman–Crippen LogP) is 1.81. The number of nitrogens with zero attached hydrogens (tertiary/aromatic N) is 6. The van der Waals surface area contributed by atoms with Crippen LogP contribution in [0.5, 0.6) is 0 Å². The number of rotatable bonds is 9. The first-order chi connectivity index (χ1) is 18.5. The summed E-state index contributed by atoms with van der Waals surface area (Å²) in [6.45, 7) is 4.85. The molecule has 3 aliphatic rings. The van der Waals surface area contributed by atoms with Crippen molar-refractivity contribution >= 4 is 40.5 Å². The summed E-state index contributed by atoms with van der Waals surface area (Å²) in [6.07, 6.45) is 7.32. The molecular weight excluding hydrogens is 482 g/mol. The largest absolute Gasteiger partial charge is 0.370 e. The highest BCUT2D eigenvalue weighted by Gasteiger charge is 2.49. The zero-order valence-corrected chi connectivity index (χ0v) is 21.5. The van der Waals surface area contributed by atoms with Gasteiger partial charge < -0.3 is 36.9 Å². The topological polar surface area (TPSA) is 164 Å². The second kappa shape index (κ2) is 10.1. The molecule has 3 fully saturated rings. The quantitative estimate of drug-likeness (QED) is 0.162. The molecule has 3 aromatic rings. The van der Waals surface area contributed by atoms with Crippen LogP contribution in [0.25, 0.3) is 11.2 Å². The number of hydrogen-bond donors (Lipinski definition) is 5. The van der Waals surface area contributed by atoms with Crippen molar-refractivity contribution in [2.75, 3.05) is 49.9 Å². The normalized spacial score (nSPS) is 18.3. The summed E-state index contributed by atoms with van der Waals surface area (Å²) in [7, 11) is 0. The minimum absolute atomic E-state index is 0.0843. The smallest absolute Gasteiger partial charge is 0.253 e. The van der Waals surface area contributed by atoms with Crippen LogP contribution in [0.1, 0.15) is 48.5 Å². The molecule has 1 aliphatic carbocycles. The van der Waals surface area contributed by atoms with E-state index in [1.165, 1.54) is 12.8 Å². The minimum Gasteiger partial charge on any atom is -0.370 e. The molecule has 12 heteroatoms. The fourth-order valence-corrected chi connectivity index (χ4v) is 5.64. The molecule has 38 heavy (non-hydrogen) atoms. The molecule has 4 heterocycles. The molecule has 0 unspecified atom stereocenters.